The smallest absolute Gasteiger partial charge is 0.313 e. The second-order valence-electron chi connectivity index (χ2n) is 5.06. The van der Waals surface area contributed by atoms with Crippen molar-refractivity contribution in [2.75, 3.05) is 6.61 Å². The Kier molecular flexibility index (Phi) is 4.19. The van der Waals surface area contributed by atoms with E-state index in [1.807, 2.05) is 34.9 Å². The number of imidazole rings is 1. The molecule has 0 spiro atoms. The van der Waals surface area contributed by atoms with Gasteiger partial charge in [0.25, 0.3) is 0 Å². The zero-order valence-corrected chi connectivity index (χ0v) is 12.7. The van der Waals surface area contributed by atoms with Crippen LogP contribution in [0.2, 0.25) is 0 Å². The van der Waals surface area contributed by atoms with E-state index >= 15 is 0 Å². The van der Waals surface area contributed by atoms with E-state index in [0.29, 0.717) is 5.56 Å². The van der Waals surface area contributed by atoms with Crippen LogP contribution in [0.25, 0.3) is 16.7 Å². The predicted molar refractivity (Wildman–Crippen MR) is 86.7 cm³/mol. The summed E-state index contributed by atoms with van der Waals surface area (Å²) in [6.07, 6.45) is 1.47. The van der Waals surface area contributed by atoms with Crippen LogP contribution in [0, 0.1) is 0 Å². The van der Waals surface area contributed by atoms with E-state index in [1.165, 1.54) is 0 Å². The van der Waals surface area contributed by atoms with Crippen molar-refractivity contribution in [2.45, 2.75) is 13.3 Å². The zero-order chi connectivity index (χ0) is 16.2. The fraction of sp³-hybridized carbons (Fsp3) is 0.167. The first-order valence-corrected chi connectivity index (χ1v) is 7.40. The highest BCUT2D eigenvalue weighted by molar-refractivity contribution is 6.06. The number of aromatic nitrogens is 2. The number of nitrogens with zero attached hydrogens (tertiary/aromatic N) is 2. The molecular formula is C18H16N2O3. The van der Waals surface area contributed by atoms with Gasteiger partial charge in [-0.25, -0.2) is 4.98 Å². The molecule has 0 N–H and O–H groups in total. The molecule has 0 aliphatic carbocycles. The summed E-state index contributed by atoms with van der Waals surface area (Å²) < 4.78 is 6.73. The van der Waals surface area contributed by atoms with E-state index in [2.05, 4.69) is 4.98 Å². The molecule has 0 unspecified atom stereocenters. The van der Waals surface area contributed by atoms with Gasteiger partial charge in [0, 0.05) is 11.3 Å². The Hall–Kier alpha value is -2.95. The Morgan fingerprint density at radius 3 is 2.78 bits per heavy atom. The molecule has 2 aromatic carbocycles. The molecule has 1 aromatic heterocycles. The van der Waals surface area contributed by atoms with Crippen LogP contribution in [0.15, 0.2) is 54.9 Å². The summed E-state index contributed by atoms with van der Waals surface area (Å²) in [6, 6.07) is 14.9. The molecule has 0 saturated heterocycles. The van der Waals surface area contributed by atoms with Crippen LogP contribution in [-0.2, 0) is 9.53 Å². The van der Waals surface area contributed by atoms with E-state index in [-0.39, 0.29) is 18.8 Å². The highest BCUT2D eigenvalue weighted by atomic mass is 16.5. The number of esters is 1. The normalized spacial score (nSPS) is 10.7. The lowest BCUT2D eigenvalue weighted by molar-refractivity contribution is -0.141. The van der Waals surface area contributed by atoms with Crippen LogP contribution < -0.4 is 0 Å². The van der Waals surface area contributed by atoms with Crippen molar-refractivity contribution in [3.8, 4) is 5.69 Å². The highest BCUT2D eigenvalue weighted by Crippen LogP contribution is 2.19. The average Bonchev–Trinajstić information content (AvgIpc) is 2.99. The average molecular weight is 308 g/mol. The van der Waals surface area contributed by atoms with Crippen molar-refractivity contribution in [3.63, 3.8) is 0 Å². The first-order valence-electron chi connectivity index (χ1n) is 7.40. The molecule has 3 aromatic rings. The van der Waals surface area contributed by atoms with E-state index in [1.54, 1.807) is 31.5 Å². The van der Waals surface area contributed by atoms with Gasteiger partial charge in [0.05, 0.1) is 17.6 Å². The van der Waals surface area contributed by atoms with Gasteiger partial charge in [-0.2, -0.15) is 0 Å². The topological polar surface area (TPSA) is 61.2 Å². The number of fused-ring (bicyclic) bond motifs is 1. The standard InChI is InChI=1S/C18H16N2O3/c1-2-23-18(22)11-17(21)13-6-5-7-14(10-13)20-12-19-15-8-3-4-9-16(15)20/h3-10,12H,2,11H2,1H3. The third kappa shape index (κ3) is 3.13. The number of hydrogen-bond donors (Lipinski definition) is 0. The Labute approximate surface area is 133 Å². The molecule has 5 nitrogen and oxygen atoms in total. The molecule has 0 saturated carbocycles. The summed E-state index contributed by atoms with van der Waals surface area (Å²) >= 11 is 0. The van der Waals surface area contributed by atoms with Gasteiger partial charge in [0.15, 0.2) is 5.78 Å². The fourth-order valence-electron chi connectivity index (χ4n) is 2.44. The third-order valence-electron chi connectivity index (χ3n) is 3.51. The van der Waals surface area contributed by atoms with Gasteiger partial charge in [0.2, 0.25) is 0 Å². The van der Waals surface area contributed by atoms with Gasteiger partial charge in [-0.15, -0.1) is 0 Å². The molecule has 116 valence electrons. The monoisotopic (exact) mass is 308 g/mol. The fourth-order valence-corrected chi connectivity index (χ4v) is 2.44. The molecular weight excluding hydrogens is 292 g/mol. The van der Waals surface area contributed by atoms with Crippen LogP contribution in [0.1, 0.15) is 23.7 Å². The molecule has 0 bridgehead atoms. The summed E-state index contributed by atoms with van der Waals surface area (Å²) in [5, 5.41) is 0. The number of carbonyl (C=O) groups is 2. The maximum Gasteiger partial charge on any atom is 0.313 e. The van der Waals surface area contributed by atoms with Crippen LogP contribution in [-0.4, -0.2) is 27.9 Å². The maximum atomic E-state index is 12.2. The first-order chi connectivity index (χ1) is 11.2. The molecule has 0 amide bonds. The third-order valence-corrected chi connectivity index (χ3v) is 3.51. The zero-order valence-electron chi connectivity index (χ0n) is 12.7. The quantitative estimate of drug-likeness (QED) is 0.413. The van der Waals surface area contributed by atoms with Crippen molar-refractivity contribution in [1.29, 1.82) is 0 Å². The highest BCUT2D eigenvalue weighted by Gasteiger charge is 2.13. The molecule has 0 radical (unpaired) electrons. The minimum Gasteiger partial charge on any atom is -0.466 e. The lowest BCUT2D eigenvalue weighted by Gasteiger charge is -2.07. The number of para-hydroxylation sites is 2. The lowest BCUT2D eigenvalue weighted by atomic mass is 10.1. The van der Waals surface area contributed by atoms with Crippen LogP contribution in [0.5, 0.6) is 0 Å². The molecule has 23 heavy (non-hydrogen) atoms. The van der Waals surface area contributed by atoms with E-state index < -0.39 is 5.97 Å². The van der Waals surface area contributed by atoms with Gasteiger partial charge >= 0.3 is 5.97 Å². The first kappa shape index (κ1) is 15.0. The summed E-state index contributed by atoms with van der Waals surface area (Å²) in [7, 11) is 0. The van der Waals surface area contributed by atoms with Crippen molar-refractivity contribution in [1.82, 2.24) is 9.55 Å². The van der Waals surface area contributed by atoms with Crippen molar-refractivity contribution in [2.24, 2.45) is 0 Å². The molecule has 1 heterocycles. The lowest BCUT2D eigenvalue weighted by Crippen LogP contribution is -2.11. The van der Waals surface area contributed by atoms with E-state index in [4.69, 9.17) is 4.74 Å². The SMILES string of the molecule is CCOC(=O)CC(=O)c1cccc(-n2cnc3ccccc32)c1. The van der Waals surface area contributed by atoms with Crippen molar-refractivity contribution < 1.29 is 14.3 Å². The van der Waals surface area contributed by atoms with Crippen LogP contribution >= 0.6 is 0 Å². The summed E-state index contributed by atoms with van der Waals surface area (Å²) in [4.78, 5) is 28.0. The number of Topliss-reactive ketones (excluding diaryl/α,β-unsaturated/α-hetero) is 1. The number of ether oxygens (including phenoxy) is 1. The van der Waals surface area contributed by atoms with Crippen LogP contribution in [0.4, 0.5) is 0 Å². The second kappa shape index (κ2) is 6.44. The molecule has 0 atom stereocenters. The number of carbonyl (C=O) groups excluding carboxylic acids is 2. The Morgan fingerprint density at radius 2 is 1.96 bits per heavy atom. The van der Waals surface area contributed by atoms with Gasteiger partial charge < -0.3 is 4.74 Å². The Bertz CT molecular complexity index is 867. The summed E-state index contributed by atoms with van der Waals surface area (Å²) in [5.74, 6) is -0.759. The van der Waals surface area contributed by atoms with Crippen LogP contribution in [0.3, 0.4) is 0 Å². The van der Waals surface area contributed by atoms with E-state index in [0.717, 1.165) is 16.7 Å². The molecule has 0 aliphatic heterocycles. The number of benzene rings is 2. The summed E-state index contributed by atoms with van der Waals surface area (Å²) in [6.45, 7) is 1.99. The van der Waals surface area contributed by atoms with Gasteiger partial charge in [-0.3, -0.25) is 14.2 Å². The number of rotatable bonds is 5. The predicted octanol–water partition coefficient (Wildman–Crippen LogP) is 3.16. The number of ketones is 1. The molecule has 5 heteroatoms. The van der Waals surface area contributed by atoms with Crippen molar-refractivity contribution in [3.05, 3.63) is 60.4 Å². The van der Waals surface area contributed by atoms with Gasteiger partial charge in [-0.1, -0.05) is 24.3 Å². The Morgan fingerprint density at radius 1 is 1.13 bits per heavy atom. The molecule has 0 aliphatic rings. The van der Waals surface area contributed by atoms with Crippen molar-refractivity contribution >= 4 is 22.8 Å². The largest absolute Gasteiger partial charge is 0.466 e. The minimum absolute atomic E-state index is 0.248. The van der Waals surface area contributed by atoms with Gasteiger partial charge in [-0.05, 0) is 31.2 Å². The second-order valence-corrected chi connectivity index (χ2v) is 5.06. The molecule has 3 rings (SSSR count). The number of hydrogen-bond acceptors (Lipinski definition) is 4. The minimum atomic E-state index is -0.504. The van der Waals surface area contributed by atoms with E-state index in [9.17, 15) is 9.59 Å². The summed E-state index contributed by atoms with van der Waals surface area (Å²) in [5.41, 5.74) is 3.15. The maximum absolute atomic E-state index is 12.2. The Balaban J connectivity index is 1.91. The molecule has 0 fully saturated rings. The van der Waals surface area contributed by atoms with Gasteiger partial charge in [0.1, 0.15) is 12.7 Å².